The Morgan fingerprint density at radius 1 is 1.39 bits per heavy atom. The number of amides is 3. The zero-order chi connectivity index (χ0) is 13.1. The molecule has 0 bridgehead atoms. The summed E-state index contributed by atoms with van der Waals surface area (Å²) >= 11 is 0. The van der Waals surface area contributed by atoms with Crippen molar-refractivity contribution in [1.82, 2.24) is 5.32 Å². The van der Waals surface area contributed by atoms with Crippen molar-refractivity contribution in [1.29, 1.82) is 0 Å². The van der Waals surface area contributed by atoms with Gasteiger partial charge in [0.05, 0.1) is 12.8 Å². The zero-order valence-electron chi connectivity index (χ0n) is 10.5. The topological polar surface area (TPSA) is 58.6 Å². The van der Waals surface area contributed by atoms with Gasteiger partial charge in [0.25, 0.3) is 5.91 Å². The second kappa shape index (κ2) is 5.08. The molecule has 1 aliphatic heterocycles. The molecule has 2 rings (SSSR count). The van der Waals surface area contributed by atoms with E-state index in [1.807, 2.05) is 6.92 Å². The molecule has 0 saturated carbocycles. The zero-order valence-corrected chi connectivity index (χ0v) is 10.5. The highest BCUT2D eigenvalue weighted by molar-refractivity contribution is 6.21. The van der Waals surface area contributed by atoms with E-state index in [1.54, 1.807) is 31.4 Å². The Hall–Kier alpha value is -2.04. The van der Waals surface area contributed by atoms with Crippen LogP contribution >= 0.6 is 0 Å². The van der Waals surface area contributed by atoms with Gasteiger partial charge in [0, 0.05) is 6.07 Å². The molecule has 1 aromatic carbocycles. The summed E-state index contributed by atoms with van der Waals surface area (Å²) < 4.78 is 5.09. The van der Waals surface area contributed by atoms with E-state index in [9.17, 15) is 9.59 Å². The minimum atomic E-state index is -0.409. The first kappa shape index (κ1) is 12.4. The number of carbonyl (C=O) groups excluding carboxylic acids is 2. The molecule has 1 N–H and O–H groups in total. The first-order chi connectivity index (χ1) is 8.67. The van der Waals surface area contributed by atoms with E-state index in [1.165, 1.54) is 4.90 Å². The fourth-order valence-corrected chi connectivity index (χ4v) is 2.01. The summed E-state index contributed by atoms with van der Waals surface area (Å²) in [7, 11) is 1.55. The van der Waals surface area contributed by atoms with Crippen molar-refractivity contribution in [2.24, 2.45) is 0 Å². The van der Waals surface area contributed by atoms with E-state index in [4.69, 9.17) is 4.74 Å². The lowest BCUT2D eigenvalue weighted by Crippen LogP contribution is -2.31. The first-order valence-electron chi connectivity index (χ1n) is 5.96. The van der Waals surface area contributed by atoms with Gasteiger partial charge < -0.3 is 10.1 Å². The predicted molar refractivity (Wildman–Crippen MR) is 67.7 cm³/mol. The lowest BCUT2D eigenvalue weighted by molar-refractivity contribution is -0.118. The number of ether oxygens (including phenoxy) is 1. The van der Waals surface area contributed by atoms with Crippen LogP contribution in [0.5, 0.6) is 5.75 Å². The number of carbonyl (C=O) groups is 2. The molecule has 0 aliphatic carbocycles. The Labute approximate surface area is 106 Å². The van der Waals surface area contributed by atoms with E-state index >= 15 is 0 Å². The maximum Gasteiger partial charge on any atom is 0.329 e. The molecule has 18 heavy (non-hydrogen) atoms. The minimum absolute atomic E-state index is 0.199. The monoisotopic (exact) mass is 248 g/mol. The third kappa shape index (κ3) is 2.16. The van der Waals surface area contributed by atoms with Crippen LogP contribution < -0.4 is 15.0 Å². The molecule has 1 aliphatic rings. The molecule has 1 saturated heterocycles. The second-order valence-electron chi connectivity index (χ2n) is 4.17. The fraction of sp³-hybridized carbons (Fsp3) is 0.385. The number of nitrogens with one attached hydrogen (secondary N) is 1. The van der Waals surface area contributed by atoms with Gasteiger partial charge in [-0.2, -0.15) is 0 Å². The van der Waals surface area contributed by atoms with Crippen LogP contribution in [-0.2, 0) is 4.79 Å². The summed E-state index contributed by atoms with van der Waals surface area (Å²) in [4.78, 5) is 25.1. The number of nitrogens with zero attached hydrogens (tertiary/aromatic N) is 1. The third-order valence-corrected chi connectivity index (χ3v) is 2.91. The number of methoxy groups -OCH3 is 1. The van der Waals surface area contributed by atoms with Crippen molar-refractivity contribution < 1.29 is 14.3 Å². The van der Waals surface area contributed by atoms with Crippen LogP contribution in [0, 0.1) is 0 Å². The van der Waals surface area contributed by atoms with Gasteiger partial charge >= 0.3 is 6.03 Å². The summed E-state index contributed by atoms with van der Waals surface area (Å²) in [6.07, 6.45) is 1.51. The smallest absolute Gasteiger partial charge is 0.329 e. The van der Waals surface area contributed by atoms with E-state index in [-0.39, 0.29) is 11.9 Å². The molecule has 1 aromatic rings. The highest BCUT2D eigenvalue weighted by atomic mass is 16.5. The minimum Gasteiger partial charge on any atom is -0.497 e. The molecule has 1 unspecified atom stereocenters. The number of hydrogen-bond donors (Lipinski definition) is 1. The van der Waals surface area contributed by atoms with Crippen LogP contribution in [0.15, 0.2) is 24.3 Å². The molecular weight excluding hydrogens is 232 g/mol. The van der Waals surface area contributed by atoms with Crippen LogP contribution in [-0.4, -0.2) is 25.1 Å². The van der Waals surface area contributed by atoms with E-state index < -0.39 is 6.04 Å². The van der Waals surface area contributed by atoms with Crippen molar-refractivity contribution in [3.05, 3.63) is 24.3 Å². The maximum absolute atomic E-state index is 12.1. The van der Waals surface area contributed by atoms with Crippen LogP contribution in [0.2, 0.25) is 0 Å². The molecule has 5 heteroatoms. The van der Waals surface area contributed by atoms with Gasteiger partial charge in [-0.3, -0.25) is 4.79 Å². The Kier molecular flexibility index (Phi) is 3.50. The van der Waals surface area contributed by atoms with Gasteiger partial charge in [0.2, 0.25) is 0 Å². The number of hydrogen-bond acceptors (Lipinski definition) is 3. The highest BCUT2D eigenvalue weighted by Crippen LogP contribution is 2.24. The summed E-state index contributed by atoms with van der Waals surface area (Å²) in [5, 5.41) is 2.69. The Morgan fingerprint density at radius 3 is 2.83 bits per heavy atom. The largest absolute Gasteiger partial charge is 0.497 e. The molecule has 1 heterocycles. The number of rotatable bonds is 4. The lowest BCUT2D eigenvalue weighted by atomic mass is 10.1. The summed E-state index contributed by atoms with van der Waals surface area (Å²) in [5.74, 6) is 0.419. The van der Waals surface area contributed by atoms with Gasteiger partial charge in [-0.15, -0.1) is 0 Å². The summed E-state index contributed by atoms with van der Waals surface area (Å²) in [5.41, 5.74) is 0.537. The first-order valence-corrected chi connectivity index (χ1v) is 5.96. The van der Waals surface area contributed by atoms with Crippen molar-refractivity contribution in [2.45, 2.75) is 25.8 Å². The van der Waals surface area contributed by atoms with Gasteiger partial charge in [0.15, 0.2) is 0 Å². The molecule has 5 nitrogen and oxygen atoms in total. The number of benzene rings is 1. The third-order valence-electron chi connectivity index (χ3n) is 2.91. The number of urea groups is 1. The van der Waals surface area contributed by atoms with Crippen molar-refractivity contribution in [3.8, 4) is 5.75 Å². The van der Waals surface area contributed by atoms with Gasteiger partial charge in [0.1, 0.15) is 11.8 Å². The highest BCUT2D eigenvalue weighted by Gasteiger charge is 2.38. The standard InChI is InChI=1S/C13H16N2O3/c1-3-5-11-12(16)15(13(17)14-11)9-6-4-7-10(8-9)18-2/h4,6-8,11H,3,5H2,1-2H3,(H,14,17). The van der Waals surface area contributed by atoms with E-state index in [2.05, 4.69) is 5.32 Å². The molecule has 3 amide bonds. The van der Waals surface area contributed by atoms with Crippen LogP contribution in [0.25, 0.3) is 0 Å². The van der Waals surface area contributed by atoms with Crippen LogP contribution in [0.4, 0.5) is 10.5 Å². The van der Waals surface area contributed by atoms with Crippen molar-refractivity contribution in [2.75, 3.05) is 12.0 Å². The summed E-state index contributed by atoms with van der Waals surface area (Å²) in [6, 6.07) is 6.13. The lowest BCUT2D eigenvalue weighted by Gasteiger charge is -2.13. The molecule has 1 atom stereocenters. The van der Waals surface area contributed by atoms with Crippen LogP contribution in [0.3, 0.4) is 0 Å². The Morgan fingerprint density at radius 2 is 2.17 bits per heavy atom. The van der Waals surface area contributed by atoms with Crippen LogP contribution in [0.1, 0.15) is 19.8 Å². The average molecular weight is 248 g/mol. The molecule has 96 valence electrons. The van der Waals surface area contributed by atoms with Gasteiger partial charge in [-0.05, 0) is 18.6 Å². The fourth-order valence-electron chi connectivity index (χ4n) is 2.01. The SMILES string of the molecule is CCCC1NC(=O)N(c2cccc(OC)c2)C1=O. The Balaban J connectivity index is 2.27. The second-order valence-corrected chi connectivity index (χ2v) is 4.17. The van der Waals surface area contributed by atoms with Crippen molar-refractivity contribution >= 4 is 17.6 Å². The average Bonchev–Trinajstić information content (AvgIpc) is 2.65. The number of anilines is 1. The number of imide groups is 1. The molecule has 1 fully saturated rings. The molecule has 0 spiro atoms. The maximum atomic E-state index is 12.1. The van der Waals surface area contributed by atoms with E-state index in [0.29, 0.717) is 17.9 Å². The predicted octanol–water partition coefficient (Wildman–Crippen LogP) is 1.92. The summed E-state index contributed by atoms with van der Waals surface area (Å²) in [6.45, 7) is 1.98. The van der Waals surface area contributed by atoms with Crippen molar-refractivity contribution in [3.63, 3.8) is 0 Å². The molecular formula is C13H16N2O3. The normalized spacial score (nSPS) is 19.0. The molecule has 0 aromatic heterocycles. The van der Waals surface area contributed by atoms with Gasteiger partial charge in [-0.25, -0.2) is 9.69 Å². The Bertz CT molecular complexity index is 473. The quantitative estimate of drug-likeness (QED) is 0.828. The van der Waals surface area contributed by atoms with Gasteiger partial charge in [-0.1, -0.05) is 19.4 Å². The van der Waals surface area contributed by atoms with E-state index in [0.717, 1.165) is 6.42 Å². The molecule has 0 radical (unpaired) electrons.